The van der Waals surface area contributed by atoms with Gasteiger partial charge in [0.25, 0.3) is 0 Å². The summed E-state index contributed by atoms with van der Waals surface area (Å²) in [6, 6.07) is 8.42. The average molecular weight is 258 g/mol. The Kier molecular flexibility index (Phi) is 4.10. The molecule has 0 aliphatic carbocycles. The van der Waals surface area contributed by atoms with Crippen molar-refractivity contribution < 1.29 is 0 Å². The zero-order valence-corrected chi connectivity index (χ0v) is 11.9. The highest BCUT2D eigenvalue weighted by molar-refractivity contribution is 5.43. The fraction of sp³-hybridized carbons (Fsp3) is 0.400. The fourth-order valence-corrected chi connectivity index (χ4v) is 2.18. The lowest BCUT2D eigenvalue weighted by Crippen LogP contribution is -2.32. The second kappa shape index (κ2) is 5.78. The minimum absolute atomic E-state index is 0.383. The van der Waals surface area contributed by atoms with Crippen LogP contribution in [0.5, 0.6) is 0 Å². The molecule has 0 spiro atoms. The molecular weight excluding hydrogens is 236 g/mol. The molecule has 0 saturated heterocycles. The van der Waals surface area contributed by atoms with Crippen LogP contribution in [0.4, 0.5) is 11.6 Å². The smallest absolute Gasteiger partial charge is 0.205 e. The van der Waals surface area contributed by atoms with E-state index in [0.29, 0.717) is 6.04 Å². The van der Waals surface area contributed by atoms with Gasteiger partial charge in [-0.3, -0.25) is 0 Å². The van der Waals surface area contributed by atoms with Gasteiger partial charge in [-0.25, -0.2) is 4.98 Å². The van der Waals surface area contributed by atoms with Crippen molar-refractivity contribution in [2.45, 2.75) is 39.9 Å². The highest BCUT2D eigenvalue weighted by Crippen LogP contribution is 2.19. The summed E-state index contributed by atoms with van der Waals surface area (Å²) in [7, 11) is 0. The zero-order valence-electron chi connectivity index (χ0n) is 11.9. The van der Waals surface area contributed by atoms with E-state index in [1.54, 1.807) is 0 Å². The van der Waals surface area contributed by atoms with Gasteiger partial charge >= 0.3 is 0 Å². The normalized spacial score (nSPS) is 10.9. The summed E-state index contributed by atoms with van der Waals surface area (Å²) in [6.45, 7) is 8.24. The standard InChI is InChI=1S/C15H22N4/c1-4-18-9-8-17-15(18)19(12(2)3)11-13-6-5-7-14(16)10-13/h5-10,12H,4,11,16H2,1-3H3. The summed E-state index contributed by atoms with van der Waals surface area (Å²) in [5.41, 5.74) is 7.86. The highest BCUT2D eigenvalue weighted by Gasteiger charge is 2.15. The summed E-state index contributed by atoms with van der Waals surface area (Å²) in [4.78, 5) is 6.77. The lowest BCUT2D eigenvalue weighted by atomic mass is 10.2. The average Bonchev–Trinajstić information content (AvgIpc) is 2.83. The SMILES string of the molecule is CCn1ccnc1N(Cc1cccc(N)c1)C(C)C. The Morgan fingerprint density at radius 2 is 2.16 bits per heavy atom. The molecule has 0 fully saturated rings. The quantitative estimate of drug-likeness (QED) is 0.839. The number of nitrogens with zero attached hydrogens (tertiary/aromatic N) is 3. The lowest BCUT2D eigenvalue weighted by Gasteiger charge is -2.28. The topological polar surface area (TPSA) is 47.1 Å². The van der Waals surface area contributed by atoms with E-state index in [2.05, 4.69) is 41.3 Å². The van der Waals surface area contributed by atoms with Crippen LogP contribution in [0.25, 0.3) is 0 Å². The number of hydrogen-bond acceptors (Lipinski definition) is 3. The zero-order chi connectivity index (χ0) is 13.8. The molecule has 2 aromatic rings. The Morgan fingerprint density at radius 3 is 2.79 bits per heavy atom. The molecule has 0 bridgehead atoms. The van der Waals surface area contributed by atoms with Crippen LogP contribution >= 0.6 is 0 Å². The largest absolute Gasteiger partial charge is 0.399 e. The second-order valence-electron chi connectivity index (χ2n) is 4.98. The number of aryl methyl sites for hydroxylation is 1. The van der Waals surface area contributed by atoms with Gasteiger partial charge in [0.2, 0.25) is 5.95 Å². The van der Waals surface area contributed by atoms with Crippen molar-refractivity contribution in [2.24, 2.45) is 0 Å². The monoisotopic (exact) mass is 258 g/mol. The first-order valence-electron chi connectivity index (χ1n) is 6.74. The van der Waals surface area contributed by atoms with Crippen LogP contribution in [0, 0.1) is 0 Å². The van der Waals surface area contributed by atoms with Gasteiger partial charge in [-0.15, -0.1) is 0 Å². The van der Waals surface area contributed by atoms with E-state index in [9.17, 15) is 0 Å². The first-order chi connectivity index (χ1) is 9.11. The maximum absolute atomic E-state index is 5.85. The van der Waals surface area contributed by atoms with Gasteiger partial charge in [0.15, 0.2) is 0 Å². The van der Waals surface area contributed by atoms with Gasteiger partial charge in [-0.05, 0) is 38.5 Å². The predicted octanol–water partition coefficient (Wildman–Crippen LogP) is 2.90. The third kappa shape index (κ3) is 3.08. The van der Waals surface area contributed by atoms with Crippen LogP contribution in [-0.4, -0.2) is 15.6 Å². The van der Waals surface area contributed by atoms with E-state index >= 15 is 0 Å². The first-order valence-corrected chi connectivity index (χ1v) is 6.74. The number of rotatable bonds is 5. The summed E-state index contributed by atoms with van der Waals surface area (Å²) >= 11 is 0. The van der Waals surface area contributed by atoms with Crippen LogP contribution in [0.15, 0.2) is 36.7 Å². The van der Waals surface area contributed by atoms with Gasteiger partial charge in [-0.2, -0.15) is 0 Å². The van der Waals surface area contributed by atoms with Crippen molar-refractivity contribution in [3.8, 4) is 0 Å². The van der Waals surface area contributed by atoms with Crippen molar-refractivity contribution >= 4 is 11.6 Å². The van der Waals surface area contributed by atoms with Crippen LogP contribution in [0.3, 0.4) is 0 Å². The molecule has 4 nitrogen and oxygen atoms in total. The molecule has 2 rings (SSSR count). The summed E-state index contributed by atoms with van der Waals surface area (Å²) in [5, 5.41) is 0. The Bertz CT molecular complexity index is 530. The molecule has 0 radical (unpaired) electrons. The molecule has 0 aliphatic heterocycles. The lowest BCUT2D eigenvalue weighted by molar-refractivity contribution is 0.627. The molecule has 4 heteroatoms. The van der Waals surface area contributed by atoms with Crippen molar-refractivity contribution in [3.05, 3.63) is 42.2 Å². The van der Waals surface area contributed by atoms with Gasteiger partial charge in [0.05, 0.1) is 0 Å². The van der Waals surface area contributed by atoms with Crippen LogP contribution < -0.4 is 10.6 Å². The molecule has 0 atom stereocenters. The predicted molar refractivity (Wildman–Crippen MR) is 80.1 cm³/mol. The van der Waals surface area contributed by atoms with Gasteiger partial charge in [0.1, 0.15) is 0 Å². The Balaban J connectivity index is 2.26. The molecule has 0 amide bonds. The maximum Gasteiger partial charge on any atom is 0.205 e. The molecule has 0 unspecified atom stereocenters. The molecular formula is C15H22N4. The van der Waals surface area contributed by atoms with Gasteiger partial charge < -0.3 is 15.2 Å². The number of nitrogen functional groups attached to an aromatic ring is 1. The minimum atomic E-state index is 0.383. The fourth-order valence-electron chi connectivity index (χ4n) is 2.18. The van der Waals surface area contributed by atoms with Crippen molar-refractivity contribution in [1.82, 2.24) is 9.55 Å². The van der Waals surface area contributed by atoms with Crippen LogP contribution in [0.2, 0.25) is 0 Å². The molecule has 1 aromatic carbocycles. The molecule has 0 saturated carbocycles. The summed E-state index contributed by atoms with van der Waals surface area (Å²) < 4.78 is 2.16. The molecule has 0 aliphatic rings. The first kappa shape index (κ1) is 13.5. The molecule has 1 aromatic heterocycles. The van der Waals surface area contributed by atoms with E-state index in [1.165, 1.54) is 5.56 Å². The Labute approximate surface area is 114 Å². The van der Waals surface area contributed by atoms with Crippen molar-refractivity contribution in [1.29, 1.82) is 0 Å². The molecule has 1 heterocycles. The number of nitrogens with two attached hydrogens (primary N) is 1. The van der Waals surface area contributed by atoms with E-state index < -0.39 is 0 Å². The third-order valence-corrected chi connectivity index (χ3v) is 3.22. The van der Waals surface area contributed by atoms with Crippen molar-refractivity contribution in [3.63, 3.8) is 0 Å². The van der Waals surface area contributed by atoms with E-state index in [4.69, 9.17) is 5.73 Å². The maximum atomic E-state index is 5.85. The molecule has 19 heavy (non-hydrogen) atoms. The number of imidazole rings is 1. The van der Waals surface area contributed by atoms with E-state index in [-0.39, 0.29) is 0 Å². The number of benzene rings is 1. The highest BCUT2D eigenvalue weighted by atomic mass is 15.3. The summed E-state index contributed by atoms with van der Waals surface area (Å²) in [6.07, 6.45) is 3.87. The second-order valence-corrected chi connectivity index (χ2v) is 4.98. The number of hydrogen-bond donors (Lipinski definition) is 1. The third-order valence-electron chi connectivity index (χ3n) is 3.22. The van der Waals surface area contributed by atoms with Gasteiger partial charge in [-0.1, -0.05) is 12.1 Å². The van der Waals surface area contributed by atoms with Crippen LogP contribution in [-0.2, 0) is 13.1 Å². The van der Waals surface area contributed by atoms with E-state index in [0.717, 1.165) is 24.7 Å². The van der Waals surface area contributed by atoms with Gasteiger partial charge in [0, 0.05) is 37.2 Å². The molecule has 2 N–H and O–H groups in total. The Morgan fingerprint density at radius 1 is 1.37 bits per heavy atom. The van der Waals surface area contributed by atoms with E-state index in [1.807, 2.05) is 30.6 Å². The summed E-state index contributed by atoms with van der Waals surface area (Å²) in [5.74, 6) is 1.01. The number of anilines is 2. The minimum Gasteiger partial charge on any atom is -0.399 e. The van der Waals surface area contributed by atoms with Crippen LogP contribution in [0.1, 0.15) is 26.3 Å². The van der Waals surface area contributed by atoms with Crippen molar-refractivity contribution in [2.75, 3.05) is 10.6 Å². The molecule has 102 valence electrons. The number of aromatic nitrogens is 2. The Hall–Kier alpha value is -1.97.